The molecule has 6 heteroatoms. The molecule has 1 saturated carbocycles. The van der Waals surface area contributed by atoms with Gasteiger partial charge in [-0.2, -0.15) is 0 Å². The molecule has 0 bridgehead atoms. The van der Waals surface area contributed by atoms with E-state index in [1.165, 1.54) is 0 Å². The SMILES string of the molecule is O=C(NC1(C(=O)O)CCCC1)C1CC(c2ccccc2)NN1. The van der Waals surface area contributed by atoms with Crippen LogP contribution in [0.1, 0.15) is 43.7 Å². The van der Waals surface area contributed by atoms with E-state index >= 15 is 0 Å². The van der Waals surface area contributed by atoms with Crippen LogP contribution in [-0.4, -0.2) is 28.6 Å². The van der Waals surface area contributed by atoms with Gasteiger partial charge in [0.05, 0.1) is 0 Å². The molecule has 1 aliphatic heterocycles. The molecule has 3 rings (SSSR count). The summed E-state index contributed by atoms with van der Waals surface area (Å²) in [5.74, 6) is -1.17. The minimum absolute atomic E-state index is 0.0568. The number of hydrazine groups is 1. The Morgan fingerprint density at radius 3 is 2.45 bits per heavy atom. The number of amides is 1. The fourth-order valence-electron chi connectivity index (χ4n) is 3.33. The van der Waals surface area contributed by atoms with Crippen LogP contribution in [0.2, 0.25) is 0 Å². The summed E-state index contributed by atoms with van der Waals surface area (Å²) in [6.45, 7) is 0. The van der Waals surface area contributed by atoms with E-state index in [1.807, 2.05) is 30.3 Å². The number of carboxylic acids is 1. The lowest BCUT2D eigenvalue weighted by Gasteiger charge is -2.26. The Morgan fingerprint density at radius 1 is 1.14 bits per heavy atom. The van der Waals surface area contributed by atoms with Gasteiger partial charge in [-0.05, 0) is 24.8 Å². The van der Waals surface area contributed by atoms with Gasteiger partial charge in [0.15, 0.2) is 0 Å². The molecular weight excluding hydrogens is 282 g/mol. The van der Waals surface area contributed by atoms with Gasteiger partial charge in [-0.25, -0.2) is 15.6 Å². The van der Waals surface area contributed by atoms with Gasteiger partial charge in [0.1, 0.15) is 11.6 Å². The summed E-state index contributed by atoms with van der Waals surface area (Å²) in [5.41, 5.74) is 6.12. The van der Waals surface area contributed by atoms with Crippen molar-refractivity contribution in [3.05, 3.63) is 35.9 Å². The van der Waals surface area contributed by atoms with Crippen LogP contribution < -0.4 is 16.2 Å². The van der Waals surface area contributed by atoms with Crippen molar-refractivity contribution >= 4 is 11.9 Å². The van der Waals surface area contributed by atoms with Gasteiger partial charge in [-0.1, -0.05) is 43.2 Å². The first-order chi connectivity index (χ1) is 10.6. The maximum Gasteiger partial charge on any atom is 0.329 e. The lowest BCUT2D eigenvalue weighted by atomic mass is 9.96. The van der Waals surface area contributed by atoms with Crippen LogP contribution in [0.3, 0.4) is 0 Å². The van der Waals surface area contributed by atoms with Crippen LogP contribution in [0.25, 0.3) is 0 Å². The Bertz CT molecular complexity index is 555. The number of hydrogen-bond acceptors (Lipinski definition) is 4. The van der Waals surface area contributed by atoms with Crippen LogP contribution in [0.15, 0.2) is 30.3 Å². The van der Waals surface area contributed by atoms with Crippen LogP contribution >= 0.6 is 0 Å². The lowest BCUT2D eigenvalue weighted by molar-refractivity contribution is -0.147. The van der Waals surface area contributed by atoms with E-state index in [1.54, 1.807) is 0 Å². The van der Waals surface area contributed by atoms with E-state index in [9.17, 15) is 14.7 Å². The van der Waals surface area contributed by atoms with Crippen molar-refractivity contribution in [2.75, 3.05) is 0 Å². The van der Waals surface area contributed by atoms with Gasteiger partial charge < -0.3 is 10.4 Å². The summed E-state index contributed by atoms with van der Waals surface area (Å²) in [6, 6.07) is 9.53. The third-order valence-corrected chi connectivity index (χ3v) is 4.65. The number of benzene rings is 1. The molecule has 1 aliphatic carbocycles. The Morgan fingerprint density at radius 2 is 1.82 bits per heavy atom. The van der Waals surface area contributed by atoms with Crippen LogP contribution in [0.4, 0.5) is 0 Å². The minimum Gasteiger partial charge on any atom is -0.480 e. The second kappa shape index (κ2) is 6.06. The normalized spacial score (nSPS) is 26.7. The molecule has 2 atom stereocenters. The number of nitrogens with one attached hydrogen (secondary N) is 3. The van der Waals surface area contributed by atoms with E-state index in [-0.39, 0.29) is 11.9 Å². The monoisotopic (exact) mass is 303 g/mol. The lowest BCUT2D eigenvalue weighted by Crippen LogP contribution is -2.57. The van der Waals surface area contributed by atoms with Gasteiger partial charge in [0.25, 0.3) is 0 Å². The van der Waals surface area contributed by atoms with Crippen molar-refractivity contribution in [3.63, 3.8) is 0 Å². The highest BCUT2D eigenvalue weighted by Gasteiger charge is 2.44. The minimum atomic E-state index is -1.08. The Labute approximate surface area is 129 Å². The second-order valence-corrected chi connectivity index (χ2v) is 6.12. The molecule has 118 valence electrons. The first kappa shape index (κ1) is 15.0. The van der Waals surface area contributed by atoms with Gasteiger partial charge in [0, 0.05) is 6.04 Å². The molecule has 0 spiro atoms. The summed E-state index contributed by atoms with van der Waals surface area (Å²) in [6.07, 6.45) is 3.31. The quantitative estimate of drug-likeness (QED) is 0.669. The van der Waals surface area contributed by atoms with Gasteiger partial charge in [-0.3, -0.25) is 4.79 Å². The van der Waals surface area contributed by atoms with E-state index < -0.39 is 17.6 Å². The second-order valence-electron chi connectivity index (χ2n) is 6.12. The smallest absolute Gasteiger partial charge is 0.329 e. The first-order valence-corrected chi connectivity index (χ1v) is 7.72. The maximum absolute atomic E-state index is 12.4. The summed E-state index contributed by atoms with van der Waals surface area (Å²) in [7, 11) is 0. The van der Waals surface area contributed by atoms with Crippen molar-refractivity contribution < 1.29 is 14.7 Å². The van der Waals surface area contributed by atoms with Crippen molar-refractivity contribution in [2.45, 2.75) is 49.7 Å². The Balaban J connectivity index is 1.63. The molecule has 2 aliphatic rings. The molecule has 4 N–H and O–H groups in total. The van der Waals surface area contributed by atoms with Gasteiger partial charge in [0.2, 0.25) is 5.91 Å². The van der Waals surface area contributed by atoms with Crippen molar-refractivity contribution in [1.29, 1.82) is 0 Å². The third kappa shape index (κ3) is 2.84. The van der Waals surface area contributed by atoms with E-state index in [0.29, 0.717) is 19.3 Å². The molecule has 6 nitrogen and oxygen atoms in total. The number of hydrogen-bond donors (Lipinski definition) is 4. The van der Waals surface area contributed by atoms with Crippen LogP contribution in [0, 0.1) is 0 Å². The molecule has 2 fully saturated rings. The largest absolute Gasteiger partial charge is 0.480 e. The number of carboxylic acid groups (broad SMARTS) is 1. The molecule has 1 aromatic carbocycles. The standard InChI is InChI=1S/C16H21N3O3/c20-14(17-16(15(21)22)8-4-5-9-16)13-10-12(18-19-13)11-6-2-1-3-7-11/h1-3,6-7,12-13,18-19H,4-5,8-10H2,(H,17,20)(H,21,22). The average Bonchev–Trinajstić information content (AvgIpc) is 3.18. The fraction of sp³-hybridized carbons (Fsp3) is 0.500. The van der Waals surface area contributed by atoms with Crippen molar-refractivity contribution in [2.24, 2.45) is 0 Å². The Hall–Kier alpha value is -1.92. The summed E-state index contributed by atoms with van der Waals surface area (Å²) in [4.78, 5) is 23.9. The number of carbonyl (C=O) groups excluding carboxylic acids is 1. The molecule has 2 unspecified atom stereocenters. The zero-order chi connectivity index (χ0) is 15.6. The number of carbonyl (C=O) groups is 2. The maximum atomic E-state index is 12.4. The topological polar surface area (TPSA) is 90.5 Å². The van der Waals surface area contributed by atoms with Gasteiger partial charge in [-0.15, -0.1) is 0 Å². The molecule has 1 heterocycles. The molecule has 1 aromatic rings. The zero-order valence-corrected chi connectivity index (χ0v) is 12.3. The van der Waals surface area contributed by atoms with Crippen molar-refractivity contribution in [3.8, 4) is 0 Å². The molecule has 0 aromatic heterocycles. The highest BCUT2D eigenvalue weighted by Crippen LogP contribution is 2.30. The number of aliphatic carboxylic acids is 1. The van der Waals surface area contributed by atoms with E-state index in [2.05, 4.69) is 16.2 Å². The summed E-state index contributed by atoms with van der Waals surface area (Å²) in [5, 5.41) is 12.2. The van der Waals surface area contributed by atoms with Crippen molar-refractivity contribution in [1.82, 2.24) is 16.2 Å². The predicted molar refractivity (Wildman–Crippen MR) is 80.8 cm³/mol. The van der Waals surface area contributed by atoms with Crippen LogP contribution in [0.5, 0.6) is 0 Å². The molecule has 22 heavy (non-hydrogen) atoms. The van der Waals surface area contributed by atoms with Gasteiger partial charge >= 0.3 is 5.97 Å². The fourth-order valence-corrected chi connectivity index (χ4v) is 3.33. The summed E-state index contributed by atoms with van der Waals surface area (Å²) < 4.78 is 0. The Kier molecular flexibility index (Phi) is 4.13. The molecule has 0 radical (unpaired) electrons. The molecule has 1 amide bonds. The van der Waals surface area contributed by atoms with Crippen LogP contribution in [-0.2, 0) is 9.59 Å². The number of rotatable bonds is 4. The summed E-state index contributed by atoms with van der Waals surface area (Å²) >= 11 is 0. The predicted octanol–water partition coefficient (Wildman–Crippen LogP) is 1.11. The van der Waals surface area contributed by atoms with E-state index in [0.717, 1.165) is 18.4 Å². The highest BCUT2D eigenvalue weighted by molar-refractivity contribution is 5.90. The highest BCUT2D eigenvalue weighted by atomic mass is 16.4. The third-order valence-electron chi connectivity index (χ3n) is 4.65. The molecule has 1 saturated heterocycles. The first-order valence-electron chi connectivity index (χ1n) is 7.72. The van der Waals surface area contributed by atoms with E-state index in [4.69, 9.17) is 0 Å². The zero-order valence-electron chi connectivity index (χ0n) is 12.3. The average molecular weight is 303 g/mol. The molecular formula is C16H21N3O3.